The van der Waals surface area contributed by atoms with E-state index in [2.05, 4.69) is 24.3 Å². The first-order valence-electron chi connectivity index (χ1n) is 6.70. The van der Waals surface area contributed by atoms with Crippen LogP contribution in [-0.2, 0) is 6.42 Å². The highest BCUT2D eigenvalue weighted by atomic mass is 32.2. The Kier molecular flexibility index (Phi) is 3.79. The van der Waals surface area contributed by atoms with Gasteiger partial charge in [0, 0.05) is 10.1 Å². The maximum Gasteiger partial charge on any atom is 0.153 e. The molecule has 1 aliphatic rings. The summed E-state index contributed by atoms with van der Waals surface area (Å²) < 4.78 is 5.92. The third-order valence-electron chi connectivity index (χ3n) is 3.50. The summed E-state index contributed by atoms with van der Waals surface area (Å²) in [5.41, 5.74) is 3.03. The van der Waals surface area contributed by atoms with Gasteiger partial charge >= 0.3 is 0 Å². The van der Waals surface area contributed by atoms with Crippen LogP contribution in [0, 0.1) is 6.92 Å². The van der Waals surface area contributed by atoms with Crippen molar-refractivity contribution in [2.24, 2.45) is 0 Å². The molecule has 2 aromatic carbocycles. The molecule has 0 aliphatic carbocycles. The zero-order valence-electron chi connectivity index (χ0n) is 11.3. The normalized spacial score (nSPS) is 16.8. The Morgan fingerprint density at radius 2 is 2.10 bits per heavy atom. The molecule has 3 heteroatoms. The Balaban J connectivity index is 1.69. The van der Waals surface area contributed by atoms with Gasteiger partial charge in [-0.3, -0.25) is 4.79 Å². The highest BCUT2D eigenvalue weighted by molar-refractivity contribution is 8.00. The van der Waals surface area contributed by atoms with Gasteiger partial charge in [0.05, 0.1) is 5.56 Å². The number of carbonyl (C=O) groups excluding carboxylic acids is 1. The molecule has 0 fully saturated rings. The van der Waals surface area contributed by atoms with Crippen LogP contribution < -0.4 is 4.74 Å². The number of ether oxygens (including phenoxy) is 1. The van der Waals surface area contributed by atoms with E-state index < -0.39 is 0 Å². The minimum Gasteiger partial charge on any atom is -0.491 e. The summed E-state index contributed by atoms with van der Waals surface area (Å²) in [6.07, 6.45) is 1.89. The van der Waals surface area contributed by atoms with Crippen molar-refractivity contribution in [3.8, 4) is 5.75 Å². The van der Waals surface area contributed by atoms with Crippen molar-refractivity contribution in [3.05, 3.63) is 59.2 Å². The minimum atomic E-state index is 0.423. The lowest BCUT2D eigenvalue weighted by atomic mass is 10.1. The van der Waals surface area contributed by atoms with Gasteiger partial charge in [0.1, 0.15) is 12.4 Å². The third kappa shape index (κ3) is 2.59. The highest BCUT2D eigenvalue weighted by Crippen LogP contribution is 2.37. The summed E-state index contributed by atoms with van der Waals surface area (Å²) in [5, 5.41) is 0.423. The van der Waals surface area contributed by atoms with Crippen molar-refractivity contribution in [2.75, 3.05) is 6.61 Å². The maximum atomic E-state index is 11.1. The number of hydrogen-bond acceptors (Lipinski definition) is 3. The van der Waals surface area contributed by atoms with Gasteiger partial charge in [-0.15, -0.1) is 11.8 Å². The van der Waals surface area contributed by atoms with E-state index in [0.717, 1.165) is 24.0 Å². The van der Waals surface area contributed by atoms with Crippen LogP contribution in [0.15, 0.2) is 47.4 Å². The summed E-state index contributed by atoms with van der Waals surface area (Å²) in [6, 6.07) is 14.1. The summed E-state index contributed by atoms with van der Waals surface area (Å²) >= 11 is 1.86. The predicted molar refractivity (Wildman–Crippen MR) is 81.9 cm³/mol. The fourth-order valence-corrected chi connectivity index (χ4v) is 3.71. The number of thioether (sulfide) groups is 1. The number of para-hydroxylation sites is 1. The first kappa shape index (κ1) is 13.3. The quantitative estimate of drug-likeness (QED) is 0.796. The van der Waals surface area contributed by atoms with Crippen LogP contribution in [0.25, 0.3) is 0 Å². The van der Waals surface area contributed by atoms with Crippen molar-refractivity contribution in [2.45, 2.75) is 23.5 Å². The Morgan fingerprint density at radius 1 is 1.25 bits per heavy atom. The topological polar surface area (TPSA) is 26.3 Å². The number of benzene rings is 2. The molecule has 0 saturated heterocycles. The second-order valence-electron chi connectivity index (χ2n) is 4.97. The van der Waals surface area contributed by atoms with Gasteiger partial charge in [-0.25, -0.2) is 0 Å². The van der Waals surface area contributed by atoms with Crippen LogP contribution >= 0.6 is 11.8 Å². The number of aryl methyl sites for hydroxylation is 1. The Morgan fingerprint density at radius 3 is 2.90 bits per heavy atom. The van der Waals surface area contributed by atoms with Gasteiger partial charge in [0.25, 0.3) is 0 Å². The molecule has 0 aromatic heterocycles. The fraction of sp³-hybridized carbons (Fsp3) is 0.235. The summed E-state index contributed by atoms with van der Waals surface area (Å²) in [6.45, 7) is 2.60. The molecule has 2 nitrogen and oxygen atoms in total. The maximum absolute atomic E-state index is 11.1. The summed E-state index contributed by atoms with van der Waals surface area (Å²) in [5.74, 6) is 0.721. The van der Waals surface area contributed by atoms with Gasteiger partial charge in [0.15, 0.2) is 6.29 Å². The van der Waals surface area contributed by atoms with E-state index in [1.54, 1.807) is 6.07 Å². The SMILES string of the molecule is Cc1cccc(C=O)c1OCC1Cc2ccccc2S1. The first-order chi connectivity index (χ1) is 9.78. The number of hydrogen-bond donors (Lipinski definition) is 0. The minimum absolute atomic E-state index is 0.423. The molecule has 0 N–H and O–H groups in total. The van der Waals surface area contributed by atoms with Crippen LogP contribution in [0.5, 0.6) is 5.75 Å². The lowest BCUT2D eigenvalue weighted by Crippen LogP contribution is -2.14. The second kappa shape index (κ2) is 5.71. The van der Waals surface area contributed by atoms with Crippen molar-refractivity contribution in [1.82, 2.24) is 0 Å². The third-order valence-corrected chi connectivity index (χ3v) is 4.78. The Bertz CT molecular complexity index is 612. The summed E-state index contributed by atoms with van der Waals surface area (Å²) in [7, 11) is 0. The lowest BCUT2D eigenvalue weighted by Gasteiger charge is -2.14. The van der Waals surface area contributed by atoms with Crippen molar-refractivity contribution < 1.29 is 9.53 Å². The standard InChI is InChI=1S/C17H16O2S/c1-12-5-4-7-14(10-18)17(12)19-11-15-9-13-6-2-3-8-16(13)20-15/h2-8,10,15H,9,11H2,1H3. The molecule has 102 valence electrons. The molecular formula is C17H16O2S. The van der Waals surface area contributed by atoms with Crippen molar-refractivity contribution in [1.29, 1.82) is 0 Å². The van der Waals surface area contributed by atoms with Crippen LogP contribution in [0.2, 0.25) is 0 Å². The molecule has 0 bridgehead atoms. The Hall–Kier alpha value is -1.74. The zero-order valence-corrected chi connectivity index (χ0v) is 12.2. The molecule has 3 rings (SSSR count). The van der Waals surface area contributed by atoms with Gasteiger partial charge in [-0.2, -0.15) is 0 Å². The van der Waals surface area contributed by atoms with Crippen LogP contribution in [0.1, 0.15) is 21.5 Å². The Labute approximate surface area is 123 Å². The van der Waals surface area contributed by atoms with Crippen LogP contribution in [-0.4, -0.2) is 18.1 Å². The smallest absolute Gasteiger partial charge is 0.153 e. The number of rotatable bonds is 4. The first-order valence-corrected chi connectivity index (χ1v) is 7.58. The van der Waals surface area contributed by atoms with Crippen LogP contribution in [0.3, 0.4) is 0 Å². The van der Waals surface area contributed by atoms with Gasteiger partial charge in [-0.1, -0.05) is 30.3 Å². The van der Waals surface area contributed by atoms with Crippen molar-refractivity contribution >= 4 is 18.0 Å². The van der Waals surface area contributed by atoms with E-state index in [9.17, 15) is 4.79 Å². The average Bonchev–Trinajstić information content (AvgIpc) is 2.88. The molecule has 1 heterocycles. The molecule has 2 aromatic rings. The second-order valence-corrected chi connectivity index (χ2v) is 6.32. The number of carbonyl (C=O) groups is 1. The monoisotopic (exact) mass is 284 g/mol. The van der Waals surface area contributed by atoms with Crippen LogP contribution in [0.4, 0.5) is 0 Å². The lowest BCUT2D eigenvalue weighted by molar-refractivity contribution is 0.111. The molecule has 1 atom stereocenters. The van der Waals surface area contributed by atoms with E-state index in [1.807, 2.05) is 30.8 Å². The van der Waals surface area contributed by atoms with E-state index in [0.29, 0.717) is 17.4 Å². The average molecular weight is 284 g/mol. The molecule has 0 saturated carbocycles. The number of fused-ring (bicyclic) bond motifs is 1. The van der Waals surface area contributed by atoms with E-state index in [1.165, 1.54) is 10.5 Å². The fourth-order valence-electron chi connectivity index (χ4n) is 2.49. The highest BCUT2D eigenvalue weighted by Gasteiger charge is 2.22. The molecule has 0 amide bonds. The number of aldehydes is 1. The summed E-state index contributed by atoms with van der Waals surface area (Å²) in [4.78, 5) is 12.4. The van der Waals surface area contributed by atoms with Gasteiger partial charge < -0.3 is 4.74 Å². The van der Waals surface area contributed by atoms with Gasteiger partial charge in [-0.05, 0) is 36.6 Å². The molecule has 0 spiro atoms. The van der Waals surface area contributed by atoms with E-state index in [-0.39, 0.29) is 0 Å². The molecule has 1 aliphatic heterocycles. The predicted octanol–water partition coefficient (Wildman–Crippen LogP) is 3.90. The zero-order chi connectivity index (χ0) is 13.9. The molecule has 1 unspecified atom stereocenters. The molecule has 0 radical (unpaired) electrons. The molecular weight excluding hydrogens is 268 g/mol. The van der Waals surface area contributed by atoms with E-state index >= 15 is 0 Å². The molecule has 20 heavy (non-hydrogen) atoms. The van der Waals surface area contributed by atoms with Gasteiger partial charge in [0.2, 0.25) is 0 Å². The van der Waals surface area contributed by atoms with Crippen molar-refractivity contribution in [3.63, 3.8) is 0 Å². The van der Waals surface area contributed by atoms with E-state index in [4.69, 9.17) is 4.74 Å². The largest absolute Gasteiger partial charge is 0.491 e.